The van der Waals surface area contributed by atoms with Gasteiger partial charge in [0.15, 0.2) is 0 Å². The lowest BCUT2D eigenvalue weighted by Gasteiger charge is -2.10. The van der Waals surface area contributed by atoms with E-state index in [1.165, 1.54) is 12.1 Å². The van der Waals surface area contributed by atoms with Crippen LogP contribution in [0.3, 0.4) is 0 Å². The van der Waals surface area contributed by atoms with Gasteiger partial charge in [0, 0.05) is 6.07 Å². The highest BCUT2D eigenvalue weighted by Crippen LogP contribution is 2.28. The summed E-state index contributed by atoms with van der Waals surface area (Å²) in [5.41, 5.74) is 6.17. The van der Waals surface area contributed by atoms with Crippen molar-refractivity contribution in [1.29, 1.82) is 0 Å². The lowest BCUT2D eigenvalue weighted by atomic mass is 10.1. The zero-order valence-electron chi connectivity index (χ0n) is 9.59. The summed E-state index contributed by atoms with van der Waals surface area (Å²) in [6, 6.07) is 2.84. The minimum atomic E-state index is -0.354. The molecule has 16 heavy (non-hydrogen) atoms. The molecule has 0 aliphatic carbocycles. The largest absolute Gasteiger partial charge is 0.491 e. The number of rotatable bonds is 5. The van der Waals surface area contributed by atoms with Crippen LogP contribution in [0.1, 0.15) is 26.7 Å². The quantitative estimate of drug-likeness (QED) is 0.657. The van der Waals surface area contributed by atoms with Crippen molar-refractivity contribution < 1.29 is 9.13 Å². The summed E-state index contributed by atoms with van der Waals surface area (Å²) in [5.74, 6) is 0.722. The number of benzene rings is 1. The highest BCUT2D eigenvalue weighted by atomic mass is 79.9. The van der Waals surface area contributed by atoms with Gasteiger partial charge in [0.25, 0.3) is 0 Å². The third-order valence-corrected chi connectivity index (χ3v) is 2.84. The maximum absolute atomic E-state index is 13.2. The van der Waals surface area contributed by atoms with Crippen molar-refractivity contribution in [3.8, 4) is 5.75 Å². The maximum Gasteiger partial charge on any atom is 0.145 e. The fourth-order valence-corrected chi connectivity index (χ4v) is 1.70. The Morgan fingerprint density at radius 3 is 2.75 bits per heavy atom. The Morgan fingerprint density at radius 1 is 1.44 bits per heavy atom. The maximum atomic E-state index is 13.2. The second-order valence-corrected chi connectivity index (χ2v) is 5.04. The number of ether oxygens (including phenoxy) is 1. The van der Waals surface area contributed by atoms with Gasteiger partial charge in [-0.05, 0) is 40.8 Å². The number of nitrogens with two attached hydrogens (primary N) is 1. The molecular weight excluding hydrogens is 273 g/mol. The van der Waals surface area contributed by atoms with Crippen LogP contribution in [0, 0.1) is 11.7 Å². The van der Waals surface area contributed by atoms with Crippen LogP contribution in [0.2, 0.25) is 0 Å². The molecule has 0 radical (unpaired) electrons. The zero-order chi connectivity index (χ0) is 12.1. The van der Waals surface area contributed by atoms with Crippen LogP contribution in [0.15, 0.2) is 16.6 Å². The fraction of sp³-hybridized carbons (Fsp3) is 0.500. The Morgan fingerprint density at radius 2 is 2.12 bits per heavy atom. The molecular formula is C12H17BrFNO. The number of hydrogen-bond donors (Lipinski definition) is 1. The van der Waals surface area contributed by atoms with Gasteiger partial charge in [-0.3, -0.25) is 0 Å². The van der Waals surface area contributed by atoms with Gasteiger partial charge >= 0.3 is 0 Å². The fourth-order valence-electron chi connectivity index (χ4n) is 1.34. The predicted molar refractivity (Wildman–Crippen MR) is 68.1 cm³/mol. The van der Waals surface area contributed by atoms with Gasteiger partial charge in [0.1, 0.15) is 11.6 Å². The number of hydrogen-bond acceptors (Lipinski definition) is 2. The van der Waals surface area contributed by atoms with Gasteiger partial charge < -0.3 is 10.5 Å². The van der Waals surface area contributed by atoms with E-state index < -0.39 is 0 Å². The van der Waals surface area contributed by atoms with E-state index >= 15 is 0 Å². The Kier molecular flexibility index (Phi) is 5.06. The molecule has 1 aromatic carbocycles. The van der Waals surface area contributed by atoms with E-state index in [0.717, 1.165) is 12.8 Å². The third-order valence-electron chi connectivity index (χ3n) is 2.24. The van der Waals surface area contributed by atoms with Crippen LogP contribution >= 0.6 is 15.9 Å². The highest BCUT2D eigenvalue weighted by Gasteiger charge is 2.06. The average Bonchev–Trinajstić information content (AvgIpc) is 2.19. The molecule has 0 aliphatic heterocycles. The minimum absolute atomic E-state index is 0.354. The first kappa shape index (κ1) is 13.3. The Balaban J connectivity index is 2.51. The third kappa shape index (κ3) is 4.00. The first-order valence-electron chi connectivity index (χ1n) is 5.38. The van der Waals surface area contributed by atoms with Gasteiger partial charge in [0.2, 0.25) is 0 Å². The predicted octanol–water partition coefficient (Wildman–Crippen LogP) is 3.99. The molecule has 90 valence electrons. The Labute approximate surface area is 104 Å². The van der Waals surface area contributed by atoms with Crippen LogP contribution in [0.4, 0.5) is 10.1 Å². The molecule has 0 atom stereocenters. The SMILES string of the molecule is CC(C)CCCOc1cc(F)c(Br)cc1N. The molecule has 0 amide bonds. The second-order valence-electron chi connectivity index (χ2n) is 4.19. The lowest BCUT2D eigenvalue weighted by Crippen LogP contribution is -2.02. The van der Waals surface area contributed by atoms with E-state index in [-0.39, 0.29) is 5.82 Å². The molecule has 4 heteroatoms. The van der Waals surface area contributed by atoms with Gasteiger partial charge in [-0.2, -0.15) is 0 Å². The molecule has 0 aliphatic rings. The van der Waals surface area contributed by atoms with E-state index in [4.69, 9.17) is 10.5 Å². The van der Waals surface area contributed by atoms with E-state index in [2.05, 4.69) is 29.8 Å². The number of halogens is 2. The monoisotopic (exact) mass is 289 g/mol. The summed E-state index contributed by atoms with van der Waals surface area (Å²) in [4.78, 5) is 0. The molecule has 0 heterocycles. The van der Waals surface area contributed by atoms with Gasteiger partial charge in [0.05, 0.1) is 16.8 Å². The van der Waals surface area contributed by atoms with Gasteiger partial charge in [-0.15, -0.1) is 0 Å². The molecule has 2 N–H and O–H groups in total. The second kappa shape index (κ2) is 6.09. The lowest BCUT2D eigenvalue weighted by molar-refractivity contribution is 0.298. The minimum Gasteiger partial charge on any atom is -0.491 e. The van der Waals surface area contributed by atoms with Crippen molar-refractivity contribution in [3.63, 3.8) is 0 Å². The molecule has 0 aromatic heterocycles. The molecule has 1 rings (SSSR count). The Bertz CT molecular complexity index is 355. The molecule has 0 saturated carbocycles. The summed E-state index contributed by atoms with van der Waals surface area (Å²) >= 11 is 3.07. The zero-order valence-corrected chi connectivity index (χ0v) is 11.2. The molecule has 0 bridgehead atoms. The van der Waals surface area contributed by atoms with Crippen molar-refractivity contribution in [1.82, 2.24) is 0 Å². The van der Waals surface area contributed by atoms with Crippen LogP contribution in [-0.2, 0) is 0 Å². The molecule has 0 fully saturated rings. The van der Waals surface area contributed by atoms with Crippen LogP contribution in [-0.4, -0.2) is 6.61 Å². The van der Waals surface area contributed by atoms with Crippen molar-refractivity contribution in [2.24, 2.45) is 5.92 Å². The van der Waals surface area contributed by atoms with Crippen molar-refractivity contribution >= 4 is 21.6 Å². The average molecular weight is 290 g/mol. The van der Waals surface area contributed by atoms with Gasteiger partial charge in [-0.1, -0.05) is 13.8 Å². The topological polar surface area (TPSA) is 35.2 Å². The van der Waals surface area contributed by atoms with Crippen molar-refractivity contribution in [3.05, 3.63) is 22.4 Å². The number of nitrogen functional groups attached to an aromatic ring is 1. The molecule has 2 nitrogen and oxygen atoms in total. The summed E-state index contributed by atoms with van der Waals surface area (Å²) in [6.07, 6.45) is 2.05. The summed E-state index contributed by atoms with van der Waals surface area (Å²) in [7, 11) is 0. The van der Waals surface area contributed by atoms with Crippen molar-refractivity contribution in [2.75, 3.05) is 12.3 Å². The van der Waals surface area contributed by atoms with E-state index in [1.54, 1.807) is 0 Å². The normalized spacial score (nSPS) is 10.8. The van der Waals surface area contributed by atoms with Crippen LogP contribution < -0.4 is 10.5 Å². The highest BCUT2D eigenvalue weighted by molar-refractivity contribution is 9.10. The first-order valence-corrected chi connectivity index (χ1v) is 6.17. The Hall–Kier alpha value is -0.770. The summed E-state index contributed by atoms with van der Waals surface area (Å²) < 4.78 is 19.0. The molecule has 0 spiro atoms. The summed E-state index contributed by atoms with van der Waals surface area (Å²) in [6.45, 7) is 4.89. The molecule has 0 unspecified atom stereocenters. The van der Waals surface area contributed by atoms with Crippen LogP contribution in [0.5, 0.6) is 5.75 Å². The van der Waals surface area contributed by atoms with E-state index in [9.17, 15) is 4.39 Å². The van der Waals surface area contributed by atoms with Crippen molar-refractivity contribution in [2.45, 2.75) is 26.7 Å². The summed E-state index contributed by atoms with van der Waals surface area (Å²) in [5, 5.41) is 0. The van der Waals surface area contributed by atoms with Crippen LogP contribution in [0.25, 0.3) is 0 Å². The number of anilines is 1. The van der Waals surface area contributed by atoms with E-state index in [0.29, 0.717) is 28.4 Å². The molecule has 1 aromatic rings. The van der Waals surface area contributed by atoms with E-state index in [1.807, 2.05) is 0 Å². The standard InChI is InChI=1S/C12H17BrFNO/c1-8(2)4-3-5-16-12-7-10(14)9(13)6-11(12)15/h6-8H,3-5,15H2,1-2H3. The molecule has 0 saturated heterocycles. The smallest absolute Gasteiger partial charge is 0.145 e. The van der Waals surface area contributed by atoms with Gasteiger partial charge in [-0.25, -0.2) is 4.39 Å². The first-order chi connectivity index (χ1) is 7.50.